The summed E-state index contributed by atoms with van der Waals surface area (Å²) in [6, 6.07) is 20.2. The fraction of sp³-hybridized carbons (Fsp3) is 0.118. The van der Waals surface area contributed by atoms with Crippen LogP contribution in [-0.2, 0) is 4.74 Å². The highest BCUT2D eigenvalue weighted by molar-refractivity contribution is 6.35. The first kappa shape index (κ1) is 30.7. The highest BCUT2D eigenvalue weighted by atomic mass is 16.5. The van der Waals surface area contributed by atoms with Gasteiger partial charge in [0.2, 0.25) is 0 Å². The van der Waals surface area contributed by atoms with E-state index in [0.29, 0.717) is 22.9 Å². The van der Waals surface area contributed by atoms with Crippen LogP contribution in [0.15, 0.2) is 84.9 Å². The van der Waals surface area contributed by atoms with Crippen LogP contribution in [-0.4, -0.2) is 72.2 Å². The van der Waals surface area contributed by atoms with Crippen LogP contribution >= 0.6 is 0 Å². The van der Waals surface area contributed by atoms with Gasteiger partial charge in [0.1, 0.15) is 24.7 Å². The molecule has 47 heavy (non-hydrogen) atoms. The topological polar surface area (TPSA) is 177 Å². The maximum absolute atomic E-state index is 12.8. The second-order valence-electron chi connectivity index (χ2n) is 10.3. The molecule has 0 saturated heterocycles. The summed E-state index contributed by atoms with van der Waals surface area (Å²) in [5.74, 6) is -3.70. The van der Waals surface area contributed by atoms with Crippen LogP contribution in [0.5, 0.6) is 11.5 Å². The number of hydrogen-bond acceptors (Lipinski definition) is 9. The second-order valence-corrected chi connectivity index (χ2v) is 10.3. The van der Waals surface area contributed by atoms with E-state index in [1.54, 1.807) is 48.5 Å². The molecular weight excluding hydrogens is 612 g/mol. The summed E-state index contributed by atoms with van der Waals surface area (Å²) in [6.07, 6.45) is 0. The maximum atomic E-state index is 12.8. The number of carboxylic acids is 2. The zero-order chi connectivity index (χ0) is 33.2. The van der Waals surface area contributed by atoms with Crippen molar-refractivity contribution in [2.24, 2.45) is 0 Å². The van der Waals surface area contributed by atoms with E-state index in [1.807, 2.05) is 0 Å². The molecule has 6 rings (SSSR count). The highest BCUT2D eigenvalue weighted by Gasteiger charge is 2.38. The van der Waals surface area contributed by atoms with Crippen molar-refractivity contribution in [3.8, 4) is 11.5 Å². The van der Waals surface area contributed by atoms with Crippen molar-refractivity contribution in [1.29, 1.82) is 0 Å². The van der Waals surface area contributed by atoms with Crippen LogP contribution < -0.4 is 19.3 Å². The van der Waals surface area contributed by atoms with Crippen molar-refractivity contribution in [3.05, 3.63) is 118 Å². The molecule has 2 heterocycles. The van der Waals surface area contributed by atoms with Gasteiger partial charge in [0.05, 0.1) is 58.0 Å². The summed E-state index contributed by atoms with van der Waals surface area (Å²) < 4.78 is 16.9. The van der Waals surface area contributed by atoms with Crippen molar-refractivity contribution in [2.75, 3.05) is 36.2 Å². The molecular formula is C34H24N2O11. The maximum Gasteiger partial charge on any atom is 0.335 e. The molecule has 0 atom stereocenters. The number of fused-ring (bicyclic) bond motifs is 2. The largest absolute Gasteiger partial charge is 0.491 e. The summed E-state index contributed by atoms with van der Waals surface area (Å²) in [5.41, 5.74) is 0.822. The average molecular weight is 637 g/mol. The number of anilines is 2. The van der Waals surface area contributed by atoms with E-state index in [9.17, 15) is 39.0 Å². The van der Waals surface area contributed by atoms with Crippen LogP contribution in [0.4, 0.5) is 11.4 Å². The van der Waals surface area contributed by atoms with E-state index in [4.69, 9.17) is 14.2 Å². The Morgan fingerprint density at radius 3 is 1.21 bits per heavy atom. The first-order valence-electron chi connectivity index (χ1n) is 14.2. The molecule has 4 aromatic rings. The number of benzene rings is 4. The molecule has 2 N–H and O–H groups in total. The second kappa shape index (κ2) is 12.6. The molecule has 2 aliphatic heterocycles. The van der Waals surface area contributed by atoms with Crippen molar-refractivity contribution in [3.63, 3.8) is 0 Å². The molecule has 0 spiro atoms. The number of nitrogens with zero attached hydrogens (tertiary/aromatic N) is 2. The fourth-order valence-corrected chi connectivity index (χ4v) is 5.14. The van der Waals surface area contributed by atoms with Gasteiger partial charge in [-0.05, 0) is 84.9 Å². The molecule has 4 aromatic carbocycles. The minimum atomic E-state index is -1.19. The summed E-state index contributed by atoms with van der Waals surface area (Å²) in [5, 5.41) is 18.4. The number of amides is 4. The number of carboxylic acid groups (broad SMARTS) is 2. The molecule has 0 fully saturated rings. The molecule has 0 radical (unpaired) electrons. The lowest BCUT2D eigenvalue weighted by Crippen LogP contribution is -2.29. The zero-order valence-corrected chi connectivity index (χ0v) is 24.4. The molecule has 0 unspecified atom stereocenters. The Hall–Kier alpha value is -6.34. The molecule has 0 bridgehead atoms. The number of rotatable bonds is 12. The molecule has 0 aromatic heterocycles. The van der Waals surface area contributed by atoms with E-state index in [-0.39, 0.29) is 59.8 Å². The third-order valence-electron chi connectivity index (χ3n) is 7.45. The van der Waals surface area contributed by atoms with Crippen molar-refractivity contribution < 1.29 is 53.2 Å². The number of aromatic carboxylic acids is 2. The van der Waals surface area contributed by atoms with Gasteiger partial charge in [0.15, 0.2) is 0 Å². The van der Waals surface area contributed by atoms with Crippen LogP contribution in [0, 0.1) is 0 Å². The Morgan fingerprint density at radius 2 is 0.851 bits per heavy atom. The van der Waals surface area contributed by atoms with E-state index >= 15 is 0 Å². The summed E-state index contributed by atoms with van der Waals surface area (Å²) in [6.45, 7) is 0.927. The molecule has 2 aliphatic rings. The highest BCUT2D eigenvalue weighted by Crippen LogP contribution is 2.32. The quantitative estimate of drug-likeness (QED) is 0.169. The summed E-state index contributed by atoms with van der Waals surface area (Å²) >= 11 is 0. The lowest BCUT2D eigenvalue weighted by molar-refractivity contribution is 0.0686. The van der Waals surface area contributed by atoms with Crippen LogP contribution in [0.3, 0.4) is 0 Å². The molecule has 236 valence electrons. The summed E-state index contributed by atoms with van der Waals surface area (Å²) in [4.78, 5) is 75.7. The number of hydrogen-bond donors (Lipinski definition) is 2. The van der Waals surface area contributed by atoms with E-state index < -0.39 is 35.6 Å². The lowest BCUT2D eigenvalue weighted by atomic mass is 10.1. The number of imide groups is 2. The minimum Gasteiger partial charge on any atom is -0.491 e. The molecule has 13 nitrogen and oxygen atoms in total. The van der Waals surface area contributed by atoms with Gasteiger partial charge in [0.25, 0.3) is 23.6 Å². The van der Waals surface area contributed by atoms with Gasteiger partial charge in [-0.2, -0.15) is 0 Å². The minimum absolute atomic E-state index is 0.0359. The molecule has 0 saturated carbocycles. The van der Waals surface area contributed by atoms with Gasteiger partial charge in [-0.25, -0.2) is 19.4 Å². The van der Waals surface area contributed by atoms with Gasteiger partial charge < -0.3 is 24.4 Å². The van der Waals surface area contributed by atoms with Gasteiger partial charge in [-0.3, -0.25) is 19.2 Å². The average Bonchev–Trinajstić information content (AvgIpc) is 3.48. The van der Waals surface area contributed by atoms with Crippen molar-refractivity contribution >= 4 is 46.9 Å². The van der Waals surface area contributed by atoms with Crippen LogP contribution in [0.2, 0.25) is 0 Å². The Balaban J connectivity index is 0.929. The van der Waals surface area contributed by atoms with Crippen LogP contribution in [0.25, 0.3) is 0 Å². The zero-order valence-electron chi connectivity index (χ0n) is 24.4. The monoisotopic (exact) mass is 636 g/mol. The Kier molecular flexibility index (Phi) is 8.21. The lowest BCUT2D eigenvalue weighted by Gasteiger charge is -2.15. The van der Waals surface area contributed by atoms with Gasteiger partial charge >= 0.3 is 11.9 Å². The standard InChI is InChI=1S/C34H24N2O11/c37-29-25-11-1-19(33(41)42)17-27(25)31(39)35(29)21-3-7-23(8-4-21)46-15-13-45-14-16-47-24-9-5-22(6-10-24)36-30(38)26-12-2-20(34(43)44)18-28(26)32(36)40/h1-12,17-18H,13-16H2,(H,41,42)(H,43,44). The van der Waals surface area contributed by atoms with E-state index in [2.05, 4.69) is 0 Å². The summed E-state index contributed by atoms with van der Waals surface area (Å²) in [7, 11) is 0. The van der Waals surface area contributed by atoms with Gasteiger partial charge in [0, 0.05) is 0 Å². The molecule has 13 heteroatoms. The Bertz CT molecular complexity index is 1810. The Morgan fingerprint density at radius 1 is 0.489 bits per heavy atom. The van der Waals surface area contributed by atoms with Gasteiger partial charge in [-0.15, -0.1) is 0 Å². The third-order valence-corrected chi connectivity index (χ3v) is 7.45. The number of carbonyl (C=O) groups is 6. The fourth-order valence-electron chi connectivity index (χ4n) is 5.14. The predicted molar refractivity (Wildman–Crippen MR) is 164 cm³/mol. The SMILES string of the molecule is O=C(O)c1ccc2c(c1)C(=O)N(c1ccc(OCCOCCOc3ccc(N4C(=O)c5ccc(C(=O)O)cc5C4=O)cc3)cc1)C2=O. The van der Waals surface area contributed by atoms with Crippen molar-refractivity contribution in [2.45, 2.75) is 0 Å². The normalized spacial score (nSPS) is 13.5. The third kappa shape index (κ3) is 5.90. The number of ether oxygens (including phenoxy) is 3. The van der Waals surface area contributed by atoms with Gasteiger partial charge in [-0.1, -0.05) is 0 Å². The molecule has 0 aliphatic carbocycles. The van der Waals surface area contributed by atoms with E-state index in [0.717, 1.165) is 9.80 Å². The van der Waals surface area contributed by atoms with Crippen molar-refractivity contribution in [1.82, 2.24) is 0 Å². The van der Waals surface area contributed by atoms with Crippen LogP contribution in [0.1, 0.15) is 62.1 Å². The first-order valence-corrected chi connectivity index (χ1v) is 14.2. The molecule has 4 amide bonds. The Labute approximate surface area is 266 Å². The predicted octanol–water partition coefficient (Wildman–Crippen LogP) is 4.16. The smallest absolute Gasteiger partial charge is 0.335 e. The van der Waals surface area contributed by atoms with E-state index in [1.165, 1.54) is 36.4 Å². The number of carbonyl (C=O) groups excluding carboxylic acids is 4. The first-order chi connectivity index (χ1) is 22.6.